The molecule has 176 valence electrons. The van der Waals surface area contributed by atoms with Crippen LogP contribution in [-0.4, -0.2) is 28.7 Å². The lowest BCUT2D eigenvalue weighted by atomic mass is 9.69. The molecule has 1 saturated carbocycles. The molecular weight excluding hydrogens is 462 g/mol. The number of fused-ring (bicyclic) bond motifs is 1. The average molecular weight is 491 g/mol. The zero-order valence-corrected chi connectivity index (χ0v) is 20.4. The normalized spacial score (nSPS) is 31.7. The summed E-state index contributed by atoms with van der Waals surface area (Å²) < 4.78 is 21.3. The first-order valence-electron chi connectivity index (χ1n) is 11.6. The van der Waals surface area contributed by atoms with Crippen molar-refractivity contribution in [1.29, 1.82) is 0 Å². The maximum absolute atomic E-state index is 15.5. The summed E-state index contributed by atoms with van der Waals surface area (Å²) in [5.41, 5.74) is 6.70. The number of nitrogens with two attached hydrogens (primary N) is 1. The molecule has 2 heterocycles. The first-order valence-corrected chi connectivity index (χ1v) is 12.4. The molecule has 0 aromatic heterocycles. The number of halogens is 3. The average Bonchev–Trinajstić information content (AvgIpc) is 3.42. The number of benzene rings is 2. The van der Waals surface area contributed by atoms with E-state index in [-0.39, 0.29) is 17.0 Å². The molecule has 3 aliphatic rings. The summed E-state index contributed by atoms with van der Waals surface area (Å²) in [5, 5.41) is 0.612. The van der Waals surface area contributed by atoms with E-state index in [1.54, 1.807) is 24.3 Å². The lowest BCUT2D eigenvalue weighted by Crippen LogP contribution is -2.56. The highest BCUT2D eigenvalue weighted by molar-refractivity contribution is 6.31. The molecule has 4 unspecified atom stereocenters. The quantitative estimate of drug-likeness (QED) is 0.534. The van der Waals surface area contributed by atoms with Crippen molar-refractivity contribution in [3.05, 3.63) is 69.5 Å². The fourth-order valence-corrected chi connectivity index (χ4v) is 6.85. The van der Waals surface area contributed by atoms with Gasteiger partial charge in [-0.3, -0.25) is 4.79 Å². The highest BCUT2D eigenvalue weighted by Gasteiger charge is 2.68. The van der Waals surface area contributed by atoms with Gasteiger partial charge in [0.15, 0.2) is 5.72 Å². The van der Waals surface area contributed by atoms with E-state index in [9.17, 15) is 4.79 Å². The van der Waals surface area contributed by atoms with Gasteiger partial charge < -0.3 is 10.5 Å². The van der Waals surface area contributed by atoms with Crippen LogP contribution in [0.15, 0.2) is 42.5 Å². The standard InChI is InChI=1S/C26H29Cl2FN2O2/c1-25(2)31-20(14-15-6-3-4-7-15)26(30,16-10-12-17(27)13-11-16)21(23(31)24(32)33-25)18-8-5-9-19(28)22(18)29/h5,8-13,15,20-21,23H,3-4,6-7,14,30H2,1-2H3. The summed E-state index contributed by atoms with van der Waals surface area (Å²) in [7, 11) is 0. The molecule has 2 aromatic rings. The summed E-state index contributed by atoms with van der Waals surface area (Å²) in [6, 6.07) is 11.4. The van der Waals surface area contributed by atoms with Crippen LogP contribution in [0.3, 0.4) is 0 Å². The van der Waals surface area contributed by atoms with Gasteiger partial charge in [0.05, 0.1) is 10.6 Å². The Morgan fingerprint density at radius 3 is 2.45 bits per heavy atom. The lowest BCUT2D eigenvalue weighted by Gasteiger charge is -2.43. The summed E-state index contributed by atoms with van der Waals surface area (Å²) in [4.78, 5) is 15.4. The smallest absolute Gasteiger partial charge is 0.325 e. The molecular formula is C26H29Cl2FN2O2. The molecule has 2 saturated heterocycles. The molecule has 0 spiro atoms. The molecule has 0 radical (unpaired) electrons. The molecule has 1 aliphatic carbocycles. The Hall–Kier alpha value is -1.66. The van der Waals surface area contributed by atoms with Crippen LogP contribution >= 0.6 is 23.2 Å². The van der Waals surface area contributed by atoms with Crippen LogP contribution < -0.4 is 5.73 Å². The molecule has 2 aromatic carbocycles. The predicted molar refractivity (Wildman–Crippen MR) is 128 cm³/mol. The van der Waals surface area contributed by atoms with Gasteiger partial charge in [0.25, 0.3) is 0 Å². The van der Waals surface area contributed by atoms with Gasteiger partial charge in [-0.2, -0.15) is 0 Å². The van der Waals surface area contributed by atoms with Gasteiger partial charge in [-0.25, -0.2) is 9.29 Å². The number of hydrogen-bond acceptors (Lipinski definition) is 4. The monoisotopic (exact) mass is 490 g/mol. The van der Waals surface area contributed by atoms with E-state index >= 15 is 4.39 Å². The lowest BCUT2D eigenvalue weighted by molar-refractivity contribution is -0.152. The fourth-order valence-electron chi connectivity index (χ4n) is 6.54. The molecule has 4 atom stereocenters. The van der Waals surface area contributed by atoms with E-state index in [4.69, 9.17) is 33.7 Å². The first-order chi connectivity index (χ1) is 15.6. The highest BCUT2D eigenvalue weighted by atomic mass is 35.5. The third-order valence-corrected chi connectivity index (χ3v) is 8.47. The van der Waals surface area contributed by atoms with Gasteiger partial charge in [-0.1, -0.05) is 73.2 Å². The number of ether oxygens (including phenoxy) is 1. The molecule has 33 heavy (non-hydrogen) atoms. The molecule has 0 amide bonds. The molecule has 3 fully saturated rings. The summed E-state index contributed by atoms with van der Waals surface area (Å²) in [6.07, 6.45) is 5.48. The first kappa shape index (κ1) is 23.1. The maximum Gasteiger partial charge on any atom is 0.325 e. The van der Waals surface area contributed by atoms with Crippen LogP contribution in [0.5, 0.6) is 0 Å². The van der Waals surface area contributed by atoms with E-state index < -0.39 is 29.0 Å². The number of nitrogens with zero attached hydrogens (tertiary/aromatic N) is 1. The minimum absolute atomic E-state index is 0.0161. The summed E-state index contributed by atoms with van der Waals surface area (Å²) >= 11 is 12.4. The van der Waals surface area contributed by atoms with Crippen LogP contribution in [-0.2, 0) is 15.1 Å². The second kappa shape index (κ2) is 8.23. The van der Waals surface area contributed by atoms with Crippen molar-refractivity contribution in [2.24, 2.45) is 11.7 Å². The molecule has 4 nitrogen and oxygen atoms in total. The van der Waals surface area contributed by atoms with Gasteiger partial charge in [0, 0.05) is 17.0 Å². The van der Waals surface area contributed by atoms with Crippen molar-refractivity contribution >= 4 is 29.2 Å². The largest absolute Gasteiger partial charge is 0.443 e. The van der Waals surface area contributed by atoms with Crippen molar-refractivity contribution in [2.75, 3.05) is 0 Å². The Kier molecular flexibility index (Phi) is 5.76. The zero-order chi connectivity index (χ0) is 23.5. The van der Waals surface area contributed by atoms with Gasteiger partial charge >= 0.3 is 5.97 Å². The predicted octanol–water partition coefficient (Wildman–Crippen LogP) is 6.00. The third kappa shape index (κ3) is 3.59. The Morgan fingerprint density at radius 1 is 1.12 bits per heavy atom. The van der Waals surface area contributed by atoms with E-state index in [2.05, 4.69) is 4.90 Å². The van der Waals surface area contributed by atoms with Gasteiger partial charge in [0.1, 0.15) is 11.9 Å². The van der Waals surface area contributed by atoms with E-state index in [1.807, 2.05) is 26.0 Å². The maximum atomic E-state index is 15.5. The number of esters is 1. The van der Waals surface area contributed by atoms with Crippen molar-refractivity contribution in [1.82, 2.24) is 4.90 Å². The molecule has 5 rings (SSSR count). The Balaban J connectivity index is 1.74. The second-order valence-electron chi connectivity index (χ2n) is 10.2. The van der Waals surface area contributed by atoms with Gasteiger partial charge in [0.2, 0.25) is 0 Å². The van der Waals surface area contributed by atoms with Crippen molar-refractivity contribution < 1.29 is 13.9 Å². The molecule has 7 heteroatoms. The Labute approximate surface area is 204 Å². The van der Waals surface area contributed by atoms with Gasteiger partial charge in [-0.05, 0) is 55.5 Å². The fraction of sp³-hybridized carbons (Fsp3) is 0.500. The van der Waals surface area contributed by atoms with Crippen LogP contribution in [0.2, 0.25) is 10.0 Å². The molecule has 0 bridgehead atoms. The van der Waals surface area contributed by atoms with Crippen molar-refractivity contribution in [2.45, 2.75) is 75.2 Å². The Bertz CT molecular complexity index is 1070. The number of cyclic esters (lactones) is 1. The van der Waals surface area contributed by atoms with Gasteiger partial charge in [-0.15, -0.1) is 0 Å². The van der Waals surface area contributed by atoms with Crippen LogP contribution in [0.1, 0.15) is 63.0 Å². The number of carbonyl (C=O) groups excluding carboxylic acids is 1. The minimum atomic E-state index is -1.04. The topological polar surface area (TPSA) is 55.6 Å². The van der Waals surface area contributed by atoms with Crippen molar-refractivity contribution in [3.8, 4) is 0 Å². The number of carbonyl (C=O) groups is 1. The number of hydrogen-bond donors (Lipinski definition) is 1. The van der Waals surface area contributed by atoms with Crippen LogP contribution in [0.25, 0.3) is 0 Å². The summed E-state index contributed by atoms with van der Waals surface area (Å²) in [6.45, 7) is 3.79. The molecule has 2 N–H and O–H groups in total. The summed E-state index contributed by atoms with van der Waals surface area (Å²) in [5.74, 6) is -1.08. The minimum Gasteiger partial charge on any atom is -0.443 e. The zero-order valence-electron chi connectivity index (χ0n) is 18.9. The Morgan fingerprint density at radius 2 is 1.79 bits per heavy atom. The van der Waals surface area contributed by atoms with E-state index in [0.29, 0.717) is 16.5 Å². The third-order valence-electron chi connectivity index (χ3n) is 7.92. The number of rotatable bonds is 4. The second-order valence-corrected chi connectivity index (χ2v) is 11.0. The van der Waals surface area contributed by atoms with E-state index in [0.717, 1.165) is 24.8 Å². The molecule has 2 aliphatic heterocycles. The van der Waals surface area contributed by atoms with Crippen LogP contribution in [0.4, 0.5) is 4.39 Å². The van der Waals surface area contributed by atoms with E-state index in [1.165, 1.54) is 18.9 Å². The van der Waals surface area contributed by atoms with Crippen LogP contribution in [0, 0.1) is 11.7 Å². The SMILES string of the molecule is CC1(C)OC(=O)C2C(c3cccc(Cl)c3F)C(N)(c3ccc(Cl)cc3)C(CC3CCCC3)N21. The van der Waals surface area contributed by atoms with Crippen molar-refractivity contribution in [3.63, 3.8) is 0 Å². The highest BCUT2D eigenvalue weighted by Crippen LogP contribution is 2.57.